The maximum absolute atomic E-state index is 12.9. The maximum Gasteiger partial charge on any atom is 0.329 e. The van der Waals surface area contributed by atoms with Crippen molar-refractivity contribution in [1.29, 1.82) is 0 Å². The first-order chi connectivity index (χ1) is 15.4. The highest BCUT2D eigenvalue weighted by atomic mass is 16.5. The Morgan fingerprint density at radius 1 is 1.22 bits per heavy atom. The summed E-state index contributed by atoms with van der Waals surface area (Å²) in [6.07, 6.45) is 1.91. The third-order valence-electron chi connectivity index (χ3n) is 5.99. The summed E-state index contributed by atoms with van der Waals surface area (Å²) in [7, 11) is 1.64. The number of carbonyl (C=O) groups excluding carboxylic acids is 3. The minimum Gasteiger partial charge on any atom is -0.365 e. The molecular weight excluding hydrogens is 414 g/mol. The molecule has 1 atom stereocenters. The van der Waals surface area contributed by atoms with Crippen molar-refractivity contribution in [2.75, 3.05) is 19.7 Å². The number of urea groups is 1. The van der Waals surface area contributed by atoms with Gasteiger partial charge in [-0.2, -0.15) is 0 Å². The summed E-state index contributed by atoms with van der Waals surface area (Å²) < 4.78 is 8.72. The van der Waals surface area contributed by atoms with E-state index in [-0.39, 0.29) is 37.1 Å². The summed E-state index contributed by atoms with van der Waals surface area (Å²) in [6, 6.07) is 4.23. The molecule has 2 aliphatic rings. The molecule has 10 nitrogen and oxygen atoms in total. The molecule has 1 aromatic carbocycles. The van der Waals surface area contributed by atoms with E-state index in [1.165, 1.54) is 9.13 Å². The Morgan fingerprint density at radius 2 is 1.97 bits per heavy atom. The molecule has 2 aromatic rings. The van der Waals surface area contributed by atoms with Gasteiger partial charge in [-0.15, -0.1) is 0 Å². The van der Waals surface area contributed by atoms with Gasteiger partial charge in [0.1, 0.15) is 12.6 Å². The van der Waals surface area contributed by atoms with Gasteiger partial charge in [-0.05, 0) is 31.4 Å². The van der Waals surface area contributed by atoms with E-state index in [1.54, 1.807) is 24.1 Å². The molecule has 4 rings (SSSR count). The monoisotopic (exact) mass is 439 g/mol. The Morgan fingerprint density at radius 3 is 2.66 bits per heavy atom. The van der Waals surface area contributed by atoms with Crippen molar-refractivity contribution < 1.29 is 19.1 Å². The molecule has 3 heterocycles. The highest BCUT2D eigenvalue weighted by Gasteiger charge is 2.31. The number of ether oxygens (including phenoxy) is 1. The van der Waals surface area contributed by atoms with Gasteiger partial charge >= 0.3 is 11.7 Å². The van der Waals surface area contributed by atoms with Crippen LogP contribution in [0.3, 0.4) is 0 Å². The van der Waals surface area contributed by atoms with E-state index in [9.17, 15) is 19.2 Å². The minimum atomic E-state index is -0.735. The van der Waals surface area contributed by atoms with E-state index in [0.29, 0.717) is 42.5 Å². The maximum atomic E-state index is 12.9. The predicted octanol–water partition coefficient (Wildman–Crippen LogP) is 0.229. The number of aromatic nitrogens is 2. The number of amides is 4. The molecule has 4 amide bonds. The Hall–Kier alpha value is -3.58. The van der Waals surface area contributed by atoms with Crippen LogP contribution in [0.15, 0.2) is 23.0 Å². The lowest BCUT2D eigenvalue weighted by molar-refractivity contribution is -0.135. The molecule has 2 fully saturated rings. The van der Waals surface area contributed by atoms with Crippen LogP contribution in [0.5, 0.6) is 0 Å². The van der Waals surface area contributed by atoms with Crippen LogP contribution in [0, 0.1) is 11.8 Å². The van der Waals surface area contributed by atoms with E-state index in [2.05, 4.69) is 17.2 Å². The average Bonchev–Trinajstić information content (AvgIpc) is 3.03. The molecule has 1 aromatic heterocycles. The van der Waals surface area contributed by atoms with Gasteiger partial charge in [-0.1, -0.05) is 17.9 Å². The number of imidazole rings is 1. The van der Waals surface area contributed by atoms with Crippen molar-refractivity contribution in [2.45, 2.75) is 37.8 Å². The summed E-state index contributed by atoms with van der Waals surface area (Å²) >= 11 is 0. The number of piperidine rings is 2. The van der Waals surface area contributed by atoms with Gasteiger partial charge in [-0.25, -0.2) is 9.59 Å². The van der Waals surface area contributed by atoms with Gasteiger partial charge in [-0.3, -0.25) is 24.0 Å². The SMILES string of the molecule is Cn1c(=O)n(C2CCC(=O)NC2=O)c2cccc(C#CCOC3CCN(C(N)=O)CC3)c21. The first kappa shape index (κ1) is 21.6. The first-order valence-corrected chi connectivity index (χ1v) is 10.5. The number of nitrogens with zero attached hydrogens (tertiary/aromatic N) is 3. The van der Waals surface area contributed by atoms with Gasteiger partial charge in [0.25, 0.3) is 0 Å². The number of benzene rings is 1. The number of para-hydroxylation sites is 1. The summed E-state index contributed by atoms with van der Waals surface area (Å²) in [4.78, 5) is 49.5. The van der Waals surface area contributed by atoms with E-state index in [1.807, 2.05) is 6.07 Å². The zero-order chi connectivity index (χ0) is 22.8. The van der Waals surface area contributed by atoms with Crippen molar-refractivity contribution in [3.63, 3.8) is 0 Å². The molecule has 2 aliphatic heterocycles. The largest absolute Gasteiger partial charge is 0.365 e. The number of likely N-dealkylation sites (tertiary alicyclic amines) is 1. The molecule has 0 spiro atoms. The molecule has 0 radical (unpaired) electrons. The van der Waals surface area contributed by atoms with Gasteiger partial charge in [0.2, 0.25) is 11.8 Å². The lowest BCUT2D eigenvalue weighted by Gasteiger charge is -2.30. The molecule has 1 unspecified atom stereocenters. The second kappa shape index (κ2) is 8.88. The highest BCUT2D eigenvalue weighted by Crippen LogP contribution is 2.24. The third-order valence-corrected chi connectivity index (χ3v) is 5.99. The van der Waals surface area contributed by atoms with Crippen LogP contribution in [0.25, 0.3) is 11.0 Å². The Balaban J connectivity index is 1.52. The summed E-state index contributed by atoms with van der Waals surface area (Å²) in [6.45, 7) is 1.37. The summed E-state index contributed by atoms with van der Waals surface area (Å²) in [5.74, 6) is 5.27. The smallest absolute Gasteiger partial charge is 0.329 e. The number of aryl methyl sites for hydroxylation is 1. The third kappa shape index (κ3) is 4.11. The van der Waals surface area contributed by atoms with Crippen LogP contribution in [0.1, 0.15) is 37.3 Å². The topological polar surface area (TPSA) is 129 Å². The molecule has 32 heavy (non-hydrogen) atoms. The normalized spacial score (nSPS) is 19.5. The summed E-state index contributed by atoms with van der Waals surface area (Å²) in [5, 5.41) is 2.31. The van der Waals surface area contributed by atoms with Gasteiger partial charge in [0.05, 0.1) is 22.7 Å². The first-order valence-electron chi connectivity index (χ1n) is 10.5. The lowest BCUT2D eigenvalue weighted by atomic mass is 10.1. The van der Waals surface area contributed by atoms with Crippen molar-refractivity contribution in [3.8, 4) is 11.8 Å². The molecule has 0 aliphatic carbocycles. The second-order valence-electron chi connectivity index (χ2n) is 7.99. The van der Waals surface area contributed by atoms with E-state index < -0.39 is 18.0 Å². The fourth-order valence-electron chi connectivity index (χ4n) is 4.30. The number of fused-ring (bicyclic) bond motifs is 1. The van der Waals surface area contributed by atoms with Gasteiger partial charge in [0.15, 0.2) is 0 Å². The average molecular weight is 439 g/mol. The molecule has 168 valence electrons. The molecule has 0 bridgehead atoms. The van der Waals surface area contributed by atoms with Crippen molar-refractivity contribution >= 4 is 28.9 Å². The standard InChI is InChI=1S/C22H25N5O5/c1-25-19-14(5-3-13-32-15-9-11-26(12-10-15)21(23)30)4-2-6-16(19)27(22(25)31)17-7-8-18(28)24-20(17)29/h2,4,6,15,17H,7-13H2,1H3,(H2,23,30)(H,24,28,29). The molecule has 2 saturated heterocycles. The predicted molar refractivity (Wildman–Crippen MR) is 116 cm³/mol. The number of primary amides is 1. The lowest BCUT2D eigenvalue weighted by Crippen LogP contribution is -2.44. The van der Waals surface area contributed by atoms with Crippen LogP contribution in [0.2, 0.25) is 0 Å². The number of carbonyl (C=O) groups is 3. The number of imide groups is 1. The zero-order valence-electron chi connectivity index (χ0n) is 17.8. The van der Waals surface area contributed by atoms with E-state index >= 15 is 0 Å². The molecule has 0 saturated carbocycles. The minimum absolute atomic E-state index is 0.0219. The summed E-state index contributed by atoms with van der Waals surface area (Å²) in [5.41, 5.74) is 6.84. The van der Waals surface area contributed by atoms with Crippen LogP contribution in [0.4, 0.5) is 4.79 Å². The molecular formula is C22H25N5O5. The van der Waals surface area contributed by atoms with Crippen LogP contribution in [-0.4, -0.2) is 57.7 Å². The second-order valence-corrected chi connectivity index (χ2v) is 7.99. The Kier molecular flexibility index (Phi) is 6.01. The number of nitrogens with one attached hydrogen (secondary N) is 1. The zero-order valence-corrected chi connectivity index (χ0v) is 17.8. The number of rotatable bonds is 3. The molecule has 10 heteroatoms. The van der Waals surface area contributed by atoms with Gasteiger partial charge in [0, 0.05) is 26.6 Å². The van der Waals surface area contributed by atoms with Crippen LogP contribution < -0.4 is 16.7 Å². The number of nitrogens with two attached hydrogens (primary N) is 1. The van der Waals surface area contributed by atoms with Crippen molar-refractivity contribution in [1.82, 2.24) is 19.4 Å². The van der Waals surface area contributed by atoms with Crippen molar-refractivity contribution in [2.24, 2.45) is 12.8 Å². The van der Waals surface area contributed by atoms with Crippen LogP contribution >= 0.6 is 0 Å². The fraction of sp³-hybridized carbons (Fsp3) is 0.455. The fourth-order valence-corrected chi connectivity index (χ4v) is 4.30. The van der Waals surface area contributed by atoms with Crippen molar-refractivity contribution in [3.05, 3.63) is 34.2 Å². The number of hydrogen-bond donors (Lipinski definition) is 2. The van der Waals surface area contributed by atoms with E-state index in [4.69, 9.17) is 10.5 Å². The molecule has 3 N–H and O–H groups in total. The highest BCUT2D eigenvalue weighted by molar-refractivity contribution is 6.00. The van der Waals surface area contributed by atoms with Gasteiger partial charge < -0.3 is 15.4 Å². The Bertz CT molecular complexity index is 1190. The van der Waals surface area contributed by atoms with Crippen LogP contribution in [-0.2, 0) is 21.4 Å². The van der Waals surface area contributed by atoms with E-state index in [0.717, 1.165) is 0 Å². The number of hydrogen-bond acceptors (Lipinski definition) is 5. The quantitative estimate of drug-likeness (QED) is 0.523. The Labute approximate surface area is 184 Å².